The molecule has 1 fully saturated rings. The maximum absolute atomic E-state index is 6.11. The minimum atomic E-state index is -0.0107. The van der Waals surface area contributed by atoms with Crippen molar-refractivity contribution in [3.8, 4) is 0 Å². The monoisotopic (exact) mass is 243 g/mol. The van der Waals surface area contributed by atoms with E-state index >= 15 is 0 Å². The molecule has 90 valence electrons. The van der Waals surface area contributed by atoms with Gasteiger partial charge in [0.15, 0.2) is 0 Å². The number of nitrogens with zero attached hydrogens (tertiary/aromatic N) is 3. The molecule has 0 aliphatic carbocycles. The quantitative estimate of drug-likeness (QED) is 0.763. The molecule has 2 rings (SSSR count). The molecule has 1 aromatic heterocycles. The third kappa shape index (κ3) is 2.95. The molecule has 1 saturated heterocycles. The van der Waals surface area contributed by atoms with Gasteiger partial charge in [-0.25, -0.2) is 0 Å². The van der Waals surface area contributed by atoms with E-state index in [-0.39, 0.29) is 5.38 Å². The van der Waals surface area contributed by atoms with Crippen molar-refractivity contribution in [2.75, 3.05) is 13.2 Å². The summed E-state index contributed by atoms with van der Waals surface area (Å²) in [4.78, 5) is 0. The fourth-order valence-electron chi connectivity index (χ4n) is 1.95. The Morgan fingerprint density at radius 2 is 2.31 bits per heavy atom. The molecule has 0 amide bonds. The van der Waals surface area contributed by atoms with Crippen LogP contribution in [-0.2, 0) is 11.3 Å². The van der Waals surface area contributed by atoms with Gasteiger partial charge in [-0.1, -0.05) is 12.1 Å². The first-order chi connectivity index (χ1) is 7.79. The van der Waals surface area contributed by atoms with E-state index < -0.39 is 0 Å². The van der Waals surface area contributed by atoms with E-state index in [4.69, 9.17) is 16.3 Å². The maximum Gasteiger partial charge on any atom is 0.100 e. The fourth-order valence-corrected chi connectivity index (χ4v) is 2.05. The van der Waals surface area contributed by atoms with Crippen LogP contribution in [0.3, 0.4) is 0 Å². The highest BCUT2D eigenvalue weighted by Crippen LogP contribution is 2.22. The molecular formula is C11H18ClN3O. The molecule has 5 heteroatoms. The van der Waals surface area contributed by atoms with E-state index in [0.29, 0.717) is 5.92 Å². The van der Waals surface area contributed by atoms with Crippen molar-refractivity contribution < 1.29 is 4.74 Å². The Balaban J connectivity index is 1.91. The van der Waals surface area contributed by atoms with Crippen LogP contribution in [0.15, 0.2) is 6.20 Å². The summed E-state index contributed by atoms with van der Waals surface area (Å²) in [5, 5.41) is 8.21. The molecule has 16 heavy (non-hydrogen) atoms. The van der Waals surface area contributed by atoms with Gasteiger partial charge >= 0.3 is 0 Å². The minimum absolute atomic E-state index is 0.0107. The van der Waals surface area contributed by atoms with Crippen molar-refractivity contribution >= 4 is 11.6 Å². The fraction of sp³-hybridized carbons (Fsp3) is 0.818. The van der Waals surface area contributed by atoms with Crippen LogP contribution in [0, 0.1) is 5.92 Å². The zero-order valence-corrected chi connectivity index (χ0v) is 10.4. The number of hydrogen-bond acceptors (Lipinski definition) is 3. The van der Waals surface area contributed by atoms with Crippen molar-refractivity contribution in [3.63, 3.8) is 0 Å². The summed E-state index contributed by atoms with van der Waals surface area (Å²) in [6.45, 7) is 4.73. The molecule has 0 spiro atoms. The van der Waals surface area contributed by atoms with Crippen LogP contribution in [0.5, 0.6) is 0 Å². The van der Waals surface area contributed by atoms with Gasteiger partial charge in [0.05, 0.1) is 5.38 Å². The average molecular weight is 244 g/mol. The molecule has 2 heterocycles. The first-order valence-corrected chi connectivity index (χ1v) is 6.35. The first-order valence-electron chi connectivity index (χ1n) is 5.91. The van der Waals surface area contributed by atoms with E-state index in [1.165, 1.54) is 0 Å². The molecule has 0 bridgehead atoms. The smallest absolute Gasteiger partial charge is 0.100 e. The van der Waals surface area contributed by atoms with Gasteiger partial charge < -0.3 is 4.74 Å². The van der Waals surface area contributed by atoms with E-state index in [1.807, 2.05) is 10.9 Å². The van der Waals surface area contributed by atoms with Crippen molar-refractivity contribution in [2.24, 2.45) is 5.92 Å². The van der Waals surface area contributed by atoms with Crippen molar-refractivity contribution in [1.29, 1.82) is 0 Å². The molecule has 1 aromatic rings. The van der Waals surface area contributed by atoms with Crippen molar-refractivity contribution in [1.82, 2.24) is 15.0 Å². The SMILES string of the molecule is CCC(Cl)c1cn(CC2CCOCC2)nn1. The van der Waals surface area contributed by atoms with Gasteiger partial charge in [-0.05, 0) is 25.2 Å². The first kappa shape index (κ1) is 11.9. The predicted molar refractivity (Wildman–Crippen MR) is 62.5 cm³/mol. The number of ether oxygens (including phenoxy) is 1. The third-order valence-corrected chi connectivity index (χ3v) is 3.55. The molecule has 1 aliphatic rings. The van der Waals surface area contributed by atoms with Gasteiger partial charge in [0.25, 0.3) is 0 Å². The van der Waals surface area contributed by atoms with Gasteiger partial charge in [0.2, 0.25) is 0 Å². The van der Waals surface area contributed by atoms with Crippen LogP contribution < -0.4 is 0 Å². The van der Waals surface area contributed by atoms with Crippen LogP contribution in [0.4, 0.5) is 0 Å². The predicted octanol–water partition coefficient (Wildman–Crippen LogP) is 2.39. The Hall–Kier alpha value is -0.610. The highest BCUT2D eigenvalue weighted by molar-refractivity contribution is 6.20. The molecule has 0 saturated carbocycles. The van der Waals surface area contributed by atoms with Gasteiger partial charge in [0, 0.05) is 26.0 Å². The second-order valence-corrected chi connectivity index (χ2v) is 4.82. The Morgan fingerprint density at radius 3 is 3.00 bits per heavy atom. The van der Waals surface area contributed by atoms with Gasteiger partial charge in [-0.15, -0.1) is 16.7 Å². The molecule has 0 radical (unpaired) electrons. The molecule has 0 aromatic carbocycles. The lowest BCUT2D eigenvalue weighted by molar-refractivity contribution is 0.0600. The molecule has 1 aliphatic heterocycles. The zero-order valence-electron chi connectivity index (χ0n) is 9.60. The highest BCUT2D eigenvalue weighted by Gasteiger charge is 2.16. The third-order valence-electron chi connectivity index (χ3n) is 3.02. The summed E-state index contributed by atoms with van der Waals surface area (Å²) in [6, 6.07) is 0. The van der Waals surface area contributed by atoms with Gasteiger partial charge in [-0.2, -0.15) is 0 Å². The second kappa shape index (κ2) is 5.64. The Morgan fingerprint density at radius 1 is 1.56 bits per heavy atom. The van der Waals surface area contributed by atoms with Gasteiger partial charge in [0.1, 0.15) is 5.69 Å². The van der Waals surface area contributed by atoms with Crippen molar-refractivity contribution in [3.05, 3.63) is 11.9 Å². The summed E-state index contributed by atoms with van der Waals surface area (Å²) < 4.78 is 7.24. The maximum atomic E-state index is 6.11. The number of rotatable bonds is 4. The molecule has 4 nitrogen and oxygen atoms in total. The van der Waals surface area contributed by atoms with Gasteiger partial charge in [-0.3, -0.25) is 4.68 Å². The van der Waals surface area contributed by atoms with E-state index in [1.54, 1.807) is 0 Å². The lowest BCUT2D eigenvalue weighted by Crippen LogP contribution is -2.20. The Labute approximate surface area is 101 Å². The van der Waals surface area contributed by atoms with Crippen LogP contribution in [0.1, 0.15) is 37.3 Å². The van der Waals surface area contributed by atoms with Crippen molar-refractivity contribution in [2.45, 2.75) is 38.1 Å². The summed E-state index contributed by atoms with van der Waals surface area (Å²) in [5.74, 6) is 0.665. The lowest BCUT2D eigenvalue weighted by atomic mass is 10.0. The average Bonchev–Trinajstić information content (AvgIpc) is 2.78. The number of aromatic nitrogens is 3. The summed E-state index contributed by atoms with van der Waals surface area (Å²) in [5.41, 5.74) is 0.885. The topological polar surface area (TPSA) is 39.9 Å². The number of hydrogen-bond donors (Lipinski definition) is 0. The van der Waals surface area contributed by atoms with E-state index in [0.717, 1.165) is 44.7 Å². The Bertz CT molecular complexity index is 323. The van der Waals surface area contributed by atoms with Crippen LogP contribution in [0.2, 0.25) is 0 Å². The zero-order chi connectivity index (χ0) is 11.4. The van der Waals surface area contributed by atoms with Crippen LogP contribution >= 0.6 is 11.6 Å². The molecule has 1 atom stereocenters. The summed E-state index contributed by atoms with van der Waals surface area (Å²) >= 11 is 6.11. The largest absolute Gasteiger partial charge is 0.381 e. The normalized spacial score (nSPS) is 19.9. The summed E-state index contributed by atoms with van der Waals surface area (Å²) in [6.07, 6.45) is 5.09. The summed E-state index contributed by atoms with van der Waals surface area (Å²) in [7, 11) is 0. The number of halogens is 1. The van der Waals surface area contributed by atoms with Crippen LogP contribution in [-0.4, -0.2) is 28.2 Å². The minimum Gasteiger partial charge on any atom is -0.381 e. The molecular weight excluding hydrogens is 226 g/mol. The number of alkyl halides is 1. The van der Waals surface area contributed by atoms with Crippen LogP contribution in [0.25, 0.3) is 0 Å². The molecule has 0 N–H and O–H groups in total. The Kier molecular flexibility index (Phi) is 4.18. The standard InChI is InChI=1S/C11H18ClN3O/c1-2-10(12)11-8-15(14-13-11)7-9-3-5-16-6-4-9/h8-10H,2-7H2,1H3. The van der Waals surface area contributed by atoms with E-state index in [9.17, 15) is 0 Å². The highest BCUT2D eigenvalue weighted by atomic mass is 35.5. The second-order valence-electron chi connectivity index (χ2n) is 4.30. The molecule has 1 unspecified atom stereocenters. The van der Waals surface area contributed by atoms with E-state index in [2.05, 4.69) is 17.2 Å². The lowest BCUT2D eigenvalue weighted by Gasteiger charge is -2.21.